The van der Waals surface area contributed by atoms with Crippen LogP contribution in [-0.2, 0) is 24.3 Å². The third-order valence-corrected chi connectivity index (χ3v) is 5.64. The van der Waals surface area contributed by atoms with Crippen LogP contribution in [0.2, 0.25) is 0 Å². The number of piperazine rings is 1. The molecular weight excluding hydrogens is 339 g/mol. The van der Waals surface area contributed by atoms with E-state index < -0.39 is 27.9 Å². The first-order chi connectivity index (χ1) is 11.3. The van der Waals surface area contributed by atoms with Gasteiger partial charge in [-0.15, -0.1) is 0 Å². The lowest BCUT2D eigenvalue weighted by Gasteiger charge is -2.38. The second kappa shape index (κ2) is 7.27. The van der Waals surface area contributed by atoms with Crippen LogP contribution in [0.1, 0.15) is 13.8 Å². The molecule has 0 N–H and O–H groups in total. The van der Waals surface area contributed by atoms with Crippen molar-refractivity contribution < 1.29 is 27.1 Å². The Morgan fingerprint density at radius 2 is 1.88 bits per heavy atom. The third-order valence-electron chi connectivity index (χ3n) is 3.76. The minimum atomic E-state index is -3.89. The Labute approximate surface area is 140 Å². The number of rotatable bonds is 4. The summed E-state index contributed by atoms with van der Waals surface area (Å²) in [5.41, 5.74) is 0. The first-order valence-corrected chi connectivity index (χ1v) is 8.91. The molecule has 1 amide bonds. The number of ether oxygens (including phenoxy) is 1. The number of hydrogen-bond acceptors (Lipinski definition) is 5. The number of sulfonamides is 1. The number of esters is 1. The van der Waals surface area contributed by atoms with Crippen molar-refractivity contribution >= 4 is 21.9 Å². The van der Waals surface area contributed by atoms with Crippen LogP contribution in [0.25, 0.3) is 0 Å². The van der Waals surface area contributed by atoms with Crippen molar-refractivity contribution in [2.75, 3.05) is 26.2 Å². The molecule has 1 aromatic rings. The fourth-order valence-electron chi connectivity index (χ4n) is 2.55. The zero-order valence-corrected chi connectivity index (χ0v) is 14.3. The number of carbonyl (C=O) groups excluding carboxylic acids is 2. The maximum Gasteiger partial charge on any atom is 0.330 e. The second-order valence-corrected chi connectivity index (χ2v) is 7.24. The van der Waals surface area contributed by atoms with Crippen molar-refractivity contribution in [3.8, 4) is 0 Å². The summed E-state index contributed by atoms with van der Waals surface area (Å²) in [7, 11) is -3.89. The summed E-state index contributed by atoms with van der Waals surface area (Å²) >= 11 is 0. The lowest BCUT2D eigenvalue weighted by molar-refractivity contribution is -0.156. The zero-order chi connectivity index (χ0) is 17.9. The van der Waals surface area contributed by atoms with Gasteiger partial charge in [-0.05, 0) is 31.2 Å². The molecule has 1 saturated heterocycles. The molecule has 0 spiro atoms. The predicted octanol–water partition coefficient (Wildman–Crippen LogP) is 0.610. The molecule has 7 nitrogen and oxygen atoms in total. The van der Waals surface area contributed by atoms with Crippen LogP contribution in [0, 0.1) is 5.82 Å². The normalized spacial score (nSPS) is 19.1. The third kappa shape index (κ3) is 3.73. The molecule has 0 aromatic heterocycles. The van der Waals surface area contributed by atoms with Crippen molar-refractivity contribution in [1.29, 1.82) is 0 Å². The topological polar surface area (TPSA) is 84.0 Å². The molecule has 0 aliphatic carbocycles. The summed E-state index contributed by atoms with van der Waals surface area (Å²) in [6.07, 6.45) is 0. The van der Waals surface area contributed by atoms with Crippen LogP contribution in [0.15, 0.2) is 29.2 Å². The number of nitrogens with zero attached hydrogens (tertiary/aromatic N) is 2. The van der Waals surface area contributed by atoms with E-state index in [4.69, 9.17) is 4.74 Å². The van der Waals surface area contributed by atoms with Crippen molar-refractivity contribution in [2.45, 2.75) is 24.8 Å². The van der Waals surface area contributed by atoms with Gasteiger partial charge in [-0.25, -0.2) is 17.6 Å². The number of hydrogen-bond donors (Lipinski definition) is 0. The number of halogens is 1. The van der Waals surface area contributed by atoms with E-state index in [-0.39, 0.29) is 37.0 Å². The van der Waals surface area contributed by atoms with Crippen molar-refractivity contribution in [2.24, 2.45) is 0 Å². The lowest BCUT2D eigenvalue weighted by atomic mass is 10.2. The van der Waals surface area contributed by atoms with Crippen LogP contribution >= 0.6 is 0 Å². The zero-order valence-electron chi connectivity index (χ0n) is 13.4. The lowest BCUT2D eigenvalue weighted by Crippen LogP contribution is -2.59. The smallest absolute Gasteiger partial charge is 0.330 e. The van der Waals surface area contributed by atoms with Crippen LogP contribution in [0.3, 0.4) is 0 Å². The highest BCUT2D eigenvalue weighted by Crippen LogP contribution is 2.21. The molecule has 1 heterocycles. The van der Waals surface area contributed by atoms with Gasteiger partial charge in [-0.1, -0.05) is 0 Å². The first-order valence-electron chi connectivity index (χ1n) is 7.47. The highest BCUT2D eigenvalue weighted by Gasteiger charge is 2.39. The fourth-order valence-corrected chi connectivity index (χ4v) is 3.99. The molecule has 1 atom stereocenters. The summed E-state index contributed by atoms with van der Waals surface area (Å²) in [6, 6.07) is 3.46. The van der Waals surface area contributed by atoms with Gasteiger partial charge in [0.05, 0.1) is 11.5 Å². The minimum Gasteiger partial charge on any atom is -0.464 e. The van der Waals surface area contributed by atoms with Crippen molar-refractivity contribution in [3.63, 3.8) is 0 Å². The van der Waals surface area contributed by atoms with E-state index in [1.165, 1.54) is 24.0 Å². The Morgan fingerprint density at radius 1 is 1.25 bits per heavy atom. The molecule has 2 rings (SSSR count). The molecule has 0 radical (unpaired) electrons. The quantitative estimate of drug-likeness (QED) is 0.737. The Hall–Kier alpha value is -2.00. The van der Waals surface area contributed by atoms with Gasteiger partial charge in [0.2, 0.25) is 15.9 Å². The molecule has 1 aliphatic rings. The van der Waals surface area contributed by atoms with E-state index in [1.807, 2.05) is 0 Å². The summed E-state index contributed by atoms with van der Waals surface area (Å²) in [5, 5.41) is 0. The van der Waals surface area contributed by atoms with Gasteiger partial charge in [-0.2, -0.15) is 4.31 Å². The summed E-state index contributed by atoms with van der Waals surface area (Å²) in [5.74, 6) is -1.52. The van der Waals surface area contributed by atoms with Gasteiger partial charge < -0.3 is 9.64 Å². The van der Waals surface area contributed by atoms with E-state index >= 15 is 0 Å². The van der Waals surface area contributed by atoms with Gasteiger partial charge in [0, 0.05) is 26.6 Å². The van der Waals surface area contributed by atoms with Gasteiger partial charge in [0.15, 0.2) is 0 Å². The van der Waals surface area contributed by atoms with Crippen LogP contribution in [0.4, 0.5) is 4.39 Å². The molecule has 132 valence electrons. The Morgan fingerprint density at radius 3 is 2.42 bits per heavy atom. The molecule has 9 heteroatoms. The molecule has 0 saturated carbocycles. The highest BCUT2D eigenvalue weighted by molar-refractivity contribution is 7.89. The van der Waals surface area contributed by atoms with Crippen molar-refractivity contribution in [3.05, 3.63) is 30.1 Å². The standard InChI is InChI=1S/C15H19FN2O5S/c1-3-23-15(20)14-10-17(8-9-18(14)11(2)19)24(21,22)13-6-4-12(16)5-7-13/h4-7,14H,3,8-10H2,1-2H3. The van der Waals surface area contributed by atoms with Crippen LogP contribution in [0.5, 0.6) is 0 Å². The second-order valence-electron chi connectivity index (χ2n) is 5.30. The molecule has 1 aliphatic heterocycles. The summed E-state index contributed by atoms with van der Waals surface area (Å²) in [4.78, 5) is 25.0. The van der Waals surface area contributed by atoms with Crippen molar-refractivity contribution in [1.82, 2.24) is 9.21 Å². The van der Waals surface area contributed by atoms with E-state index in [2.05, 4.69) is 0 Å². The molecule has 1 aromatic carbocycles. The van der Waals surface area contributed by atoms with Gasteiger partial charge in [-0.3, -0.25) is 4.79 Å². The van der Waals surface area contributed by atoms with E-state index in [0.29, 0.717) is 0 Å². The van der Waals surface area contributed by atoms with Crippen LogP contribution < -0.4 is 0 Å². The number of benzene rings is 1. The Balaban J connectivity index is 2.27. The monoisotopic (exact) mass is 358 g/mol. The highest BCUT2D eigenvalue weighted by atomic mass is 32.2. The first kappa shape index (κ1) is 18.3. The molecule has 0 bridgehead atoms. The Bertz CT molecular complexity index is 720. The fraction of sp³-hybridized carbons (Fsp3) is 0.467. The maximum atomic E-state index is 13.0. The minimum absolute atomic E-state index is 0.0508. The largest absolute Gasteiger partial charge is 0.464 e. The maximum absolute atomic E-state index is 13.0. The van der Waals surface area contributed by atoms with Crippen LogP contribution in [-0.4, -0.2) is 61.8 Å². The van der Waals surface area contributed by atoms with Gasteiger partial charge in [0.1, 0.15) is 11.9 Å². The SMILES string of the molecule is CCOC(=O)C1CN(S(=O)(=O)c2ccc(F)cc2)CCN1C(C)=O. The predicted molar refractivity (Wildman–Crippen MR) is 83.0 cm³/mol. The summed E-state index contributed by atoms with van der Waals surface area (Å²) < 4.78 is 44.3. The molecule has 1 fully saturated rings. The molecule has 24 heavy (non-hydrogen) atoms. The van der Waals surface area contributed by atoms with E-state index in [0.717, 1.165) is 16.4 Å². The summed E-state index contributed by atoms with van der Waals surface area (Å²) in [6.45, 7) is 3.01. The molecule has 1 unspecified atom stereocenters. The average molecular weight is 358 g/mol. The van der Waals surface area contributed by atoms with Gasteiger partial charge >= 0.3 is 5.97 Å². The molecular formula is C15H19FN2O5S. The number of carbonyl (C=O) groups is 2. The van der Waals surface area contributed by atoms with E-state index in [9.17, 15) is 22.4 Å². The number of amides is 1. The van der Waals surface area contributed by atoms with Gasteiger partial charge in [0.25, 0.3) is 0 Å². The average Bonchev–Trinajstić information content (AvgIpc) is 2.54. The van der Waals surface area contributed by atoms with E-state index in [1.54, 1.807) is 6.92 Å². The Kier molecular flexibility index (Phi) is 5.55.